The van der Waals surface area contributed by atoms with Crippen molar-refractivity contribution in [1.29, 1.82) is 0 Å². The first-order valence-corrected chi connectivity index (χ1v) is 8.52. The van der Waals surface area contributed by atoms with Crippen molar-refractivity contribution < 1.29 is 12.6 Å². The lowest BCUT2D eigenvalue weighted by Gasteiger charge is -2.26. The first-order valence-electron chi connectivity index (χ1n) is 6.94. The van der Waals surface area contributed by atoms with Gasteiger partial charge >= 0.3 is 10.1 Å². The van der Waals surface area contributed by atoms with Gasteiger partial charge in [0.2, 0.25) is 0 Å². The molecule has 0 radical (unpaired) electrons. The number of hydrogen-bond donors (Lipinski definition) is 0. The molecule has 1 rings (SSSR count). The van der Waals surface area contributed by atoms with Crippen molar-refractivity contribution in [2.45, 2.75) is 59.3 Å². The molecular weight excluding hydrogens is 272 g/mol. The van der Waals surface area contributed by atoms with Gasteiger partial charge in [0.15, 0.2) is 0 Å². The molecular formula is C16H26O3S. The Morgan fingerprint density at radius 1 is 1.00 bits per heavy atom. The Bertz CT molecular complexity index is 573. The van der Waals surface area contributed by atoms with Gasteiger partial charge in [-0.25, -0.2) is 0 Å². The van der Waals surface area contributed by atoms with Crippen LogP contribution >= 0.6 is 0 Å². The fraction of sp³-hybridized carbons (Fsp3) is 0.625. The molecule has 0 bridgehead atoms. The lowest BCUT2D eigenvalue weighted by molar-refractivity contribution is 0.469. The molecule has 4 heteroatoms. The fourth-order valence-corrected chi connectivity index (χ4v) is 2.40. The zero-order valence-electron chi connectivity index (χ0n) is 13.6. The van der Waals surface area contributed by atoms with E-state index in [1.807, 2.05) is 39.0 Å². The molecule has 0 spiro atoms. The van der Waals surface area contributed by atoms with Crippen molar-refractivity contribution >= 4 is 10.1 Å². The second-order valence-corrected chi connectivity index (χ2v) is 9.00. The monoisotopic (exact) mass is 298 g/mol. The first kappa shape index (κ1) is 17.0. The third kappa shape index (κ3) is 4.23. The van der Waals surface area contributed by atoms with Crippen molar-refractivity contribution in [3.63, 3.8) is 0 Å². The summed E-state index contributed by atoms with van der Waals surface area (Å²) in [6.07, 6.45) is 0. The Morgan fingerprint density at radius 3 is 1.95 bits per heavy atom. The average molecular weight is 298 g/mol. The molecule has 0 saturated heterocycles. The van der Waals surface area contributed by atoms with Gasteiger partial charge in [0.1, 0.15) is 5.75 Å². The molecule has 0 heterocycles. The molecule has 1 aromatic carbocycles. The van der Waals surface area contributed by atoms with Gasteiger partial charge in [-0.2, -0.15) is 8.42 Å². The molecule has 0 amide bonds. The highest BCUT2D eigenvalue weighted by molar-refractivity contribution is 7.87. The molecule has 1 aromatic rings. The van der Waals surface area contributed by atoms with E-state index in [9.17, 15) is 8.42 Å². The van der Waals surface area contributed by atoms with Crippen LogP contribution < -0.4 is 4.18 Å². The molecule has 0 N–H and O–H groups in total. The van der Waals surface area contributed by atoms with E-state index < -0.39 is 10.1 Å². The number of benzene rings is 1. The van der Waals surface area contributed by atoms with Crippen LogP contribution in [0.4, 0.5) is 0 Å². The molecule has 0 aliphatic heterocycles. The van der Waals surface area contributed by atoms with E-state index in [0.717, 1.165) is 11.1 Å². The Labute approximate surface area is 123 Å². The Kier molecular flexibility index (Phi) is 4.59. The van der Waals surface area contributed by atoms with E-state index in [0.29, 0.717) is 5.75 Å². The van der Waals surface area contributed by atoms with Crippen LogP contribution in [-0.4, -0.2) is 14.2 Å². The van der Waals surface area contributed by atoms with Gasteiger partial charge in [-0.15, -0.1) is 0 Å². The van der Waals surface area contributed by atoms with Crippen LogP contribution in [0.25, 0.3) is 0 Å². The molecule has 0 unspecified atom stereocenters. The smallest absolute Gasteiger partial charge is 0.308 e. The minimum Gasteiger partial charge on any atom is -0.382 e. The lowest BCUT2D eigenvalue weighted by atomic mass is 9.81. The summed E-state index contributed by atoms with van der Waals surface area (Å²) in [4.78, 5) is 0. The minimum absolute atomic E-state index is 0.0314. The zero-order valence-corrected chi connectivity index (χ0v) is 14.4. The molecule has 0 fully saturated rings. The molecule has 0 aliphatic carbocycles. The van der Waals surface area contributed by atoms with Gasteiger partial charge in [0, 0.05) is 5.56 Å². The summed E-state index contributed by atoms with van der Waals surface area (Å²) < 4.78 is 28.9. The van der Waals surface area contributed by atoms with Crippen LogP contribution in [0.5, 0.6) is 5.75 Å². The highest BCUT2D eigenvalue weighted by Crippen LogP contribution is 2.36. The van der Waals surface area contributed by atoms with Crippen molar-refractivity contribution in [2.75, 3.05) is 5.75 Å². The van der Waals surface area contributed by atoms with Gasteiger partial charge < -0.3 is 4.18 Å². The summed E-state index contributed by atoms with van der Waals surface area (Å²) in [5, 5.41) is 0. The second-order valence-electron chi connectivity index (χ2n) is 7.14. The van der Waals surface area contributed by atoms with Crippen LogP contribution in [0.1, 0.15) is 59.6 Å². The summed E-state index contributed by atoms with van der Waals surface area (Å²) in [5.41, 5.74) is 1.74. The molecule has 0 saturated carbocycles. The van der Waals surface area contributed by atoms with E-state index in [-0.39, 0.29) is 16.6 Å². The predicted molar refractivity (Wildman–Crippen MR) is 83.9 cm³/mol. The average Bonchev–Trinajstić information content (AvgIpc) is 2.25. The van der Waals surface area contributed by atoms with Crippen LogP contribution in [0.3, 0.4) is 0 Å². The Balaban J connectivity index is 3.42. The largest absolute Gasteiger partial charge is 0.382 e. The van der Waals surface area contributed by atoms with E-state index in [4.69, 9.17) is 4.18 Å². The number of rotatable bonds is 3. The van der Waals surface area contributed by atoms with E-state index in [2.05, 4.69) is 20.8 Å². The molecule has 3 nitrogen and oxygen atoms in total. The Morgan fingerprint density at radius 2 is 1.55 bits per heavy atom. The molecule has 0 aliphatic rings. The third-order valence-corrected chi connectivity index (χ3v) is 4.37. The molecule has 0 aromatic heterocycles. The van der Waals surface area contributed by atoms with Crippen LogP contribution in [-0.2, 0) is 20.9 Å². The zero-order chi connectivity index (χ0) is 15.8. The maximum absolute atomic E-state index is 11.8. The fourth-order valence-electron chi connectivity index (χ4n) is 1.87. The maximum Gasteiger partial charge on any atom is 0.308 e. The lowest BCUT2D eigenvalue weighted by Crippen LogP contribution is -2.19. The summed E-state index contributed by atoms with van der Waals surface area (Å²) in [6, 6.07) is 5.88. The van der Waals surface area contributed by atoms with Crippen molar-refractivity contribution in [1.82, 2.24) is 0 Å². The second kappa shape index (κ2) is 5.40. The summed E-state index contributed by atoms with van der Waals surface area (Å²) >= 11 is 0. The van der Waals surface area contributed by atoms with E-state index in [1.165, 1.54) is 0 Å². The van der Waals surface area contributed by atoms with Crippen LogP contribution in [0.2, 0.25) is 0 Å². The van der Waals surface area contributed by atoms with Gasteiger partial charge in [0.25, 0.3) is 0 Å². The van der Waals surface area contributed by atoms with Crippen LogP contribution in [0.15, 0.2) is 18.2 Å². The normalized spacial score (nSPS) is 13.3. The third-order valence-electron chi connectivity index (χ3n) is 3.23. The SMILES string of the molecule is CCS(=O)(=O)Oc1cc(C(C)(C)C)ccc1C(C)(C)C. The van der Waals surface area contributed by atoms with Gasteiger partial charge in [0.05, 0.1) is 5.75 Å². The highest BCUT2D eigenvalue weighted by Gasteiger charge is 2.24. The van der Waals surface area contributed by atoms with Crippen molar-refractivity contribution in [3.8, 4) is 5.75 Å². The minimum atomic E-state index is -3.52. The molecule has 20 heavy (non-hydrogen) atoms. The Hall–Kier alpha value is -1.03. The highest BCUT2D eigenvalue weighted by atomic mass is 32.2. The summed E-state index contributed by atoms with van der Waals surface area (Å²) in [6.45, 7) is 14.0. The molecule has 0 atom stereocenters. The maximum atomic E-state index is 11.8. The summed E-state index contributed by atoms with van der Waals surface area (Å²) in [5.74, 6) is 0.419. The van der Waals surface area contributed by atoms with E-state index in [1.54, 1.807) is 6.92 Å². The van der Waals surface area contributed by atoms with Crippen molar-refractivity contribution in [2.24, 2.45) is 0 Å². The molecule has 114 valence electrons. The first-order chi connectivity index (χ1) is 8.87. The predicted octanol–water partition coefficient (Wildman–Crippen LogP) is 4.01. The van der Waals surface area contributed by atoms with Gasteiger partial charge in [-0.05, 0) is 29.4 Å². The van der Waals surface area contributed by atoms with E-state index >= 15 is 0 Å². The quantitative estimate of drug-likeness (QED) is 0.792. The van der Waals surface area contributed by atoms with Gasteiger partial charge in [-0.1, -0.05) is 53.7 Å². The topological polar surface area (TPSA) is 43.4 Å². The van der Waals surface area contributed by atoms with Crippen molar-refractivity contribution in [3.05, 3.63) is 29.3 Å². The number of hydrogen-bond acceptors (Lipinski definition) is 3. The van der Waals surface area contributed by atoms with Crippen LogP contribution in [0, 0.1) is 0 Å². The standard InChI is InChI=1S/C16H26O3S/c1-8-20(17,18)19-14-11-12(15(2,3)4)9-10-13(14)16(5,6)7/h9-11H,8H2,1-7H3. The summed E-state index contributed by atoms with van der Waals surface area (Å²) in [7, 11) is -3.52. The van der Waals surface area contributed by atoms with Gasteiger partial charge in [-0.3, -0.25) is 0 Å².